The van der Waals surface area contributed by atoms with Gasteiger partial charge in [-0.05, 0) is 54.6 Å². The molecule has 2 aromatic heterocycles. The first-order valence-corrected chi connectivity index (χ1v) is 13.7. The fourth-order valence-corrected chi connectivity index (χ4v) is 7.76. The van der Waals surface area contributed by atoms with E-state index >= 15 is 0 Å². The molecule has 0 bridgehead atoms. The van der Waals surface area contributed by atoms with Crippen LogP contribution >= 0.6 is 11.3 Å². The van der Waals surface area contributed by atoms with Crippen LogP contribution in [0.25, 0.3) is 47.7 Å². The second-order valence-electron chi connectivity index (χ2n) is 8.59. The Labute approximate surface area is 206 Å². The number of sulfone groups is 1. The molecule has 0 saturated carbocycles. The van der Waals surface area contributed by atoms with Crippen LogP contribution in [0, 0.1) is 0 Å². The van der Waals surface area contributed by atoms with Gasteiger partial charge < -0.3 is 4.57 Å². The van der Waals surface area contributed by atoms with E-state index in [9.17, 15) is 8.42 Å². The zero-order valence-corrected chi connectivity index (χ0v) is 20.2. The molecule has 0 fully saturated rings. The maximum Gasteiger partial charge on any atom is 0.207 e. The van der Waals surface area contributed by atoms with Gasteiger partial charge >= 0.3 is 0 Å². The lowest BCUT2D eigenvalue weighted by Crippen LogP contribution is -2.03. The van der Waals surface area contributed by atoms with Gasteiger partial charge in [-0.25, -0.2) is 8.42 Å². The quantitative estimate of drug-likeness (QED) is 0.252. The minimum absolute atomic E-state index is 0.296. The van der Waals surface area contributed by atoms with Crippen LogP contribution in [0.1, 0.15) is 0 Å². The van der Waals surface area contributed by atoms with Crippen molar-refractivity contribution in [2.45, 2.75) is 9.79 Å². The van der Waals surface area contributed by atoms with Crippen molar-refractivity contribution in [2.75, 3.05) is 0 Å². The Morgan fingerprint density at radius 1 is 0.543 bits per heavy atom. The van der Waals surface area contributed by atoms with Crippen LogP contribution < -0.4 is 0 Å². The summed E-state index contributed by atoms with van der Waals surface area (Å²) in [6.07, 6.45) is 0. The third-order valence-corrected chi connectivity index (χ3v) is 9.59. The maximum absolute atomic E-state index is 13.8. The second-order valence-corrected chi connectivity index (χ2v) is 11.6. The summed E-state index contributed by atoms with van der Waals surface area (Å²) in [5, 5.41) is 4.14. The highest BCUT2D eigenvalue weighted by Crippen LogP contribution is 2.39. The molecule has 0 atom stereocenters. The number of aromatic nitrogens is 1. The van der Waals surface area contributed by atoms with E-state index in [0.29, 0.717) is 9.79 Å². The summed E-state index contributed by atoms with van der Waals surface area (Å²) in [6, 6.07) is 37.4. The topological polar surface area (TPSA) is 39.1 Å². The number of nitrogens with zero attached hydrogens (tertiary/aromatic N) is 1. The van der Waals surface area contributed by atoms with E-state index < -0.39 is 9.84 Å². The molecule has 3 nitrogen and oxygen atoms in total. The number of hydrogen-bond donors (Lipinski definition) is 0. The van der Waals surface area contributed by atoms with Gasteiger partial charge in [0.05, 0.1) is 20.8 Å². The van der Waals surface area contributed by atoms with Crippen molar-refractivity contribution in [2.24, 2.45) is 0 Å². The molecule has 7 rings (SSSR count). The highest BCUT2D eigenvalue weighted by atomic mass is 32.2. The predicted molar refractivity (Wildman–Crippen MR) is 146 cm³/mol. The van der Waals surface area contributed by atoms with Crippen LogP contribution in [0.15, 0.2) is 125 Å². The van der Waals surface area contributed by atoms with Crippen LogP contribution in [0.2, 0.25) is 0 Å². The lowest BCUT2D eigenvalue weighted by Gasteiger charge is -2.10. The zero-order chi connectivity index (χ0) is 23.6. The molecule has 0 aliphatic heterocycles. The number of rotatable bonds is 3. The normalized spacial score (nSPS) is 12.2. The first-order chi connectivity index (χ1) is 17.1. The van der Waals surface area contributed by atoms with Gasteiger partial charge in [0.1, 0.15) is 0 Å². The van der Waals surface area contributed by atoms with Gasteiger partial charge in [0.15, 0.2) is 0 Å². The second kappa shape index (κ2) is 7.54. The highest BCUT2D eigenvalue weighted by Gasteiger charge is 2.23. The standard InChI is InChI=1S/C30H19NO2S2/c32-35(33,29-15-7-14-28-30(29)24-10-3-6-13-27(24)34-28)21-18-16-20(17-19-21)31-25-11-4-1-8-22(25)23-9-2-5-12-26(23)31/h1-19H. The van der Waals surface area contributed by atoms with Crippen molar-refractivity contribution in [1.29, 1.82) is 0 Å². The minimum Gasteiger partial charge on any atom is -0.309 e. The average molecular weight is 490 g/mol. The molecule has 0 saturated heterocycles. The van der Waals surface area contributed by atoms with Crippen LogP contribution in [0.4, 0.5) is 0 Å². The van der Waals surface area contributed by atoms with E-state index in [1.807, 2.05) is 72.8 Å². The lowest BCUT2D eigenvalue weighted by atomic mass is 10.1. The van der Waals surface area contributed by atoms with Gasteiger partial charge in [-0.3, -0.25) is 0 Å². The maximum atomic E-state index is 13.8. The summed E-state index contributed by atoms with van der Waals surface area (Å²) in [4.78, 5) is 0.655. The first kappa shape index (κ1) is 20.4. The Balaban J connectivity index is 1.40. The van der Waals surface area contributed by atoms with Gasteiger partial charge in [-0.15, -0.1) is 11.3 Å². The lowest BCUT2D eigenvalue weighted by molar-refractivity contribution is 0.597. The van der Waals surface area contributed by atoms with Crippen molar-refractivity contribution < 1.29 is 8.42 Å². The Morgan fingerprint density at radius 2 is 1.11 bits per heavy atom. The molecule has 168 valence electrons. The van der Waals surface area contributed by atoms with Crippen LogP contribution in [0.3, 0.4) is 0 Å². The van der Waals surface area contributed by atoms with E-state index in [2.05, 4.69) is 28.8 Å². The Kier molecular flexibility index (Phi) is 4.40. The van der Waals surface area contributed by atoms with Crippen LogP contribution in [-0.4, -0.2) is 13.0 Å². The van der Waals surface area contributed by atoms with E-state index in [1.54, 1.807) is 29.5 Å². The fraction of sp³-hybridized carbons (Fsp3) is 0. The fourth-order valence-electron chi connectivity index (χ4n) is 5.07. The van der Waals surface area contributed by atoms with Gasteiger partial charge in [-0.1, -0.05) is 60.7 Å². The Bertz CT molecular complexity index is 1960. The summed E-state index contributed by atoms with van der Waals surface area (Å²) < 4.78 is 31.9. The molecule has 5 aromatic carbocycles. The molecule has 5 heteroatoms. The molecule has 35 heavy (non-hydrogen) atoms. The summed E-state index contributed by atoms with van der Waals surface area (Å²) in [5.74, 6) is 0. The smallest absolute Gasteiger partial charge is 0.207 e. The SMILES string of the molecule is O=S(=O)(c1ccc(-n2c3ccccc3c3ccccc32)cc1)c1cccc2sc3ccccc3c12. The van der Waals surface area contributed by atoms with E-state index in [-0.39, 0.29) is 0 Å². The molecule has 0 unspecified atom stereocenters. The van der Waals surface area contributed by atoms with E-state index in [0.717, 1.165) is 36.9 Å². The van der Waals surface area contributed by atoms with Crippen molar-refractivity contribution in [3.8, 4) is 5.69 Å². The summed E-state index contributed by atoms with van der Waals surface area (Å²) in [5.41, 5.74) is 3.12. The molecule has 0 aliphatic rings. The monoisotopic (exact) mass is 489 g/mol. The van der Waals surface area contributed by atoms with Crippen LogP contribution in [-0.2, 0) is 9.84 Å². The van der Waals surface area contributed by atoms with Crippen molar-refractivity contribution in [1.82, 2.24) is 4.57 Å². The average Bonchev–Trinajstić information content (AvgIpc) is 3.44. The summed E-state index contributed by atoms with van der Waals surface area (Å²) >= 11 is 1.62. The van der Waals surface area contributed by atoms with E-state index in [1.165, 1.54) is 10.8 Å². The molecule has 0 spiro atoms. The Morgan fingerprint density at radius 3 is 1.80 bits per heavy atom. The Hall–Kier alpha value is -3.93. The van der Waals surface area contributed by atoms with Crippen molar-refractivity contribution >= 4 is 63.2 Å². The molecular formula is C30H19NO2S2. The largest absolute Gasteiger partial charge is 0.309 e. The number of thiophene rings is 1. The summed E-state index contributed by atoms with van der Waals surface area (Å²) in [6.45, 7) is 0. The number of benzene rings is 5. The number of para-hydroxylation sites is 2. The molecular weight excluding hydrogens is 470 g/mol. The number of fused-ring (bicyclic) bond motifs is 6. The van der Waals surface area contributed by atoms with Crippen molar-refractivity contribution in [3.05, 3.63) is 115 Å². The van der Waals surface area contributed by atoms with Crippen molar-refractivity contribution in [3.63, 3.8) is 0 Å². The van der Waals surface area contributed by atoms with Gasteiger partial charge in [0.2, 0.25) is 9.84 Å². The van der Waals surface area contributed by atoms with Gasteiger partial charge in [0.25, 0.3) is 0 Å². The van der Waals surface area contributed by atoms with E-state index in [4.69, 9.17) is 0 Å². The molecule has 0 radical (unpaired) electrons. The molecule has 2 heterocycles. The molecule has 7 aromatic rings. The van der Waals surface area contributed by atoms with Crippen LogP contribution in [0.5, 0.6) is 0 Å². The number of hydrogen-bond acceptors (Lipinski definition) is 3. The minimum atomic E-state index is -3.70. The zero-order valence-electron chi connectivity index (χ0n) is 18.5. The van der Waals surface area contributed by atoms with Gasteiger partial charge in [0, 0.05) is 36.6 Å². The predicted octanol–water partition coefficient (Wildman–Crippen LogP) is 7.98. The highest BCUT2D eigenvalue weighted by molar-refractivity contribution is 7.91. The third kappa shape index (κ3) is 2.99. The molecule has 0 N–H and O–H groups in total. The molecule has 0 aliphatic carbocycles. The van der Waals surface area contributed by atoms with Gasteiger partial charge in [-0.2, -0.15) is 0 Å². The first-order valence-electron chi connectivity index (χ1n) is 11.4. The third-order valence-electron chi connectivity index (χ3n) is 6.64. The summed E-state index contributed by atoms with van der Waals surface area (Å²) in [7, 11) is -3.70. The molecule has 0 amide bonds.